The summed E-state index contributed by atoms with van der Waals surface area (Å²) in [6.45, 7) is 21.7. The van der Waals surface area contributed by atoms with Crippen molar-refractivity contribution in [2.24, 2.45) is 0 Å². The first-order valence-corrected chi connectivity index (χ1v) is 30.7. The summed E-state index contributed by atoms with van der Waals surface area (Å²) >= 11 is 0. The van der Waals surface area contributed by atoms with Crippen LogP contribution >= 0.6 is 0 Å². The van der Waals surface area contributed by atoms with Gasteiger partial charge in [-0.05, 0) is 132 Å². The first kappa shape index (κ1) is 71.7. The molecule has 0 radical (unpaired) electrons. The summed E-state index contributed by atoms with van der Waals surface area (Å²) < 4.78 is 40.8. The number of carbonyl (C=O) groups excluding carboxylic acids is 5. The van der Waals surface area contributed by atoms with Crippen molar-refractivity contribution >= 4 is 63.7 Å². The Hall–Kier alpha value is -9.08. The van der Waals surface area contributed by atoms with Gasteiger partial charge in [0.15, 0.2) is 0 Å². The molecule has 1 amide bonds. The molecule has 5 aromatic carbocycles. The molecular formula is C69H86N4O16S. The quantitative estimate of drug-likeness (QED) is 0.0308. The SMILES string of the molecule is CC(C1=C(O)CC(C)(C)OC1=O)c1cccc(N)c1.CC(C1=C(O)CC(C)(C)OC1=O)c1cccc(N)c1.CC(C1=C(O)CC(C)(C)OC1=O)c1cccc(NC(=O)OCc2ccccc2)c1.CC(C1=C(O)CC(C)(C)OC1=O)c1cccc(NS(C)=O)c1.O. The Balaban J connectivity index is 0.000000221. The summed E-state index contributed by atoms with van der Waals surface area (Å²) in [6, 6.07) is 38.4. The van der Waals surface area contributed by atoms with Crippen LogP contribution in [0.5, 0.6) is 0 Å². The lowest BCUT2D eigenvalue weighted by Gasteiger charge is -2.32. The smallest absolute Gasteiger partial charge is 0.411 e. The molecule has 0 spiro atoms. The van der Waals surface area contributed by atoms with Crippen molar-refractivity contribution < 1.29 is 77.8 Å². The van der Waals surface area contributed by atoms with E-state index in [1.54, 1.807) is 110 Å². The van der Waals surface area contributed by atoms with Gasteiger partial charge in [-0.1, -0.05) is 107 Å². The van der Waals surface area contributed by atoms with E-state index in [4.69, 9.17) is 35.2 Å². The molecule has 0 aromatic heterocycles. The van der Waals surface area contributed by atoms with Gasteiger partial charge in [-0.2, -0.15) is 0 Å². The zero-order valence-electron chi connectivity index (χ0n) is 53.3. The molecule has 0 saturated heterocycles. The number of cyclic esters (lactones) is 4. The number of ether oxygens (including phenoxy) is 5. The maximum Gasteiger partial charge on any atom is 0.411 e. The number of esters is 4. The number of carbonyl (C=O) groups is 5. The average Bonchev–Trinajstić information content (AvgIpc) is 1.49. The van der Waals surface area contributed by atoms with Crippen LogP contribution in [0.4, 0.5) is 27.5 Å². The second-order valence-corrected chi connectivity index (χ2v) is 26.1. The Kier molecular flexibility index (Phi) is 23.9. The van der Waals surface area contributed by atoms with Gasteiger partial charge < -0.3 is 65.8 Å². The summed E-state index contributed by atoms with van der Waals surface area (Å²) in [5, 5.41) is 43.6. The third kappa shape index (κ3) is 19.7. The third-order valence-corrected chi connectivity index (χ3v) is 15.5. The molecule has 20 nitrogen and oxygen atoms in total. The largest absolute Gasteiger partial charge is 0.512 e. The Labute approximate surface area is 528 Å². The monoisotopic (exact) mass is 1260 g/mol. The summed E-state index contributed by atoms with van der Waals surface area (Å²) in [5.74, 6) is -2.77. The van der Waals surface area contributed by atoms with Crippen molar-refractivity contribution in [2.45, 2.75) is 161 Å². The average molecular weight is 1260 g/mol. The minimum absolute atomic E-state index is 0. The fourth-order valence-electron chi connectivity index (χ4n) is 10.7. The van der Waals surface area contributed by atoms with Gasteiger partial charge in [-0.3, -0.25) is 5.32 Å². The van der Waals surface area contributed by atoms with Gasteiger partial charge in [0, 0.05) is 78.4 Å². The minimum atomic E-state index is -1.17. The third-order valence-electron chi connectivity index (χ3n) is 15.0. The van der Waals surface area contributed by atoms with Gasteiger partial charge in [0.2, 0.25) is 0 Å². The van der Waals surface area contributed by atoms with E-state index in [0.29, 0.717) is 53.2 Å². The molecule has 21 heteroatoms. The van der Waals surface area contributed by atoms with Crippen LogP contribution in [-0.2, 0) is 60.5 Å². The number of hydrogen-bond acceptors (Lipinski definition) is 17. The topological polar surface area (TPSA) is 337 Å². The molecule has 484 valence electrons. The molecule has 90 heavy (non-hydrogen) atoms. The molecule has 5 atom stereocenters. The number of hydrogen-bond donors (Lipinski definition) is 8. The van der Waals surface area contributed by atoms with Gasteiger partial charge in [-0.25, -0.2) is 28.2 Å². The predicted molar refractivity (Wildman–Crippen MR) is 348 cm³/mol. The van der Waals surface area contributed by atoms with Crippen molar-refractivity contribution in [2.75, 3.05) is 27.8 Å². The molecule has 4 aliphatic heterocycles. The lowest BCUT2D eigenvalue weighted by Crippen LogP contribution is -2.35. The van der Waals surface area contributed by atoms with E-state index < -0.39 is 63.4 Å². The Bertz CT molecular complexity index is 3500. The molecule has 0 aliphatic carbocycles. The van der Waals surface area contributed by atoms with E-state index in [2.05, 4.69) is 10.0 Å². The number of nitrogens with one attached hydrogen (secondary N) is 2. The molecule has 12 N–H and O–H groups in total. The molecule has 0 saturated carbocycles. The molecule has 5 aromatic rings. The van der Waals surface area contributed by atoms with Crippen LogP contribution in [0.2, 0.25) is 0 Å². The number of amides is 1. The second kappa shape index (κ2) is 29.9. The van der Waals surface area contributed by atoms with Crippen LogP contribution in [0.3, 0.4) is 0 Å². The Morgan fingerprint density at radius 3 is 1.10 bits per heavy atom. The van der Waals surface area contributed by atoms with Gasteiger partial charge in [0.1, 0.15) is 63.0 Å². The highest BCUT2D eigenvalue weighted by atomic mass is 32.2. The molecule has 4 aliphatic rings. The normalized spacial score (nSPS) is 18.8. The molecular weight excluding hydrogens is 1170 g/mol. The van der Waals surface area contributed by atoms with E-state index >= 15 is 0 Å². The lowest BCUT2D eigenvalue weighted by atomic mass is 9.87. The van der Waals surface area contributed by atoms with E-state index in [1.807, 2.05) is 107 Å². The second-order valence-electron chi connectivity index (χ2n) is 25.0. The van der Waals surface area contributed by atoms with Crippen molar-refractivity contribution in [3.05, 3.63) is 201 Å². The highest BCUT2D eigenvalue weighted by Gasteiger charge is 2.41. The molecule has 0 fully saturated rings. The summed E-state index contributed by atoms with van der Waals surface area (Å²) in [4.78, 5) is 60.8. The van der Waals surface area contributed by atoms with Gasteiger partial charge in [0.05, 0.1) is 22.3 Å². The van der Waals surface area contributed by atoms with E-state index in [9.17, 15) is 48.6 Å². The highest BCUT2D eigenvalue weighted by molar-refractivity contribution is 7.85. The fourth-order valence-corrected chi connectivity index (χ4v) is 11.1. The number of benzene rings is 5. The van der Waals surface area contributed by atoms with Crippen LogP contribution in [0.15, 0.2) is 173 Å². The van der Waals surface area contributed by atoms with Crippen LogP contribution < -0.4 is 21.5 Å². The maximum absolute atomic E-state index is 12.4. The summed E-state index contributed by atoms with van der Waals surface area (Å²) in [6.07, 6.45) is 2.21. The van der Waals surface area contributed by atoms with Crippen molar-refractivity contribution in [3.63, 3.8) is 0 Å². The van der Waals surface area contributed by atoms with E-state index in [-0.39, 0.29) is 76.4 Å². The van der Waals surface area contributed by atoms with Crippen molar-refractivity contribution in [3.8, 4) is 0 Å². The van der Waals surface area contributed by atoms with E-state index in [0.717, 1.165) is 27.8 Å². The highest BCUT2D eigenvalue weighted by Crippen LogP contribution is 2.40. The first-order chi connectivity index (χ1) is 41.5. The number of nitrogens with two attached hydrogens (primary N) is 2. The summed E-state index contributed by atoms with van der Waals surface area (Å²) in [7, 11) is -1.17. The van der Waals surface area contributed by atoms with E-state index in [1.165, 1.54) is 0 Å². The summed E-state index contributed by atoms with van der Waals surface area (Å²) in [5.41, 5.74) is 16.7. The van der Waals surface area contributed by atoms with Gasteiger partial charge in [-0.15, -0.1) is 0 Å². The zero-order chi connectivity index (χ0) is 65.9. The zero-order valence-corrected chi connectivity index (χ0v) is 54.1. The Morgan fingerprint density at radius 1 is 0.489 bits per heavy atom. The lowest BCUT2D eigenvalue weighted by molar-refractivity contribution is -0.156. The van der Waals surface area contributed by atoms with Crippen molar-refractivity contribution in [1.29, 1.82) is 0 Å². The van der Waals surface area contributed by atoms with Crippen LogP contribution in [0.1, 0.15) is 160 Å². The number of nitrogen functional groups attached to an aromatic ring is 2. The van der Waals surface area contributed by atoms with Gasteiger partial charge in [0.25, 0.3) is 0 Å². The number of aliphatic hydroxyl groups excluding tert-OH is 4. The van der Waals surface area contributed by atoms with Crippen LogP contribution in [-0.4, -0.2) is 88.7 Å². The standard InChI is InChI=1S/C23H25NO5.C16H21NO4S.2C15H19NO3.H2O/c1-15(20-19(25)13-23(2,3)29-21(20)26)17-10-7-11-18(12-17)24-22(27)28-14-16-8-5-4-6-9-16;1-10(11-6-5-7-12(8-11)17-22(4)20)14-13(18)9-16(2,3)21-15(14)19;2*1-9(10-5-4-6-11(16)7-10)13-12(17)8-15(2,3)19-14(13)18;/h4-12,15,25H,13-14H2,1-3H3,(H,24,27);5-8,10,17-18H,9H2,1-4H3;2*4-7,9,17H,8,16H2,1-3H3;1H2. The van der Waals surface area contributed by atoms with Crippen molar-refractivity contribution in [1.82, 2.24) is 0 Å². The predicted octanol–water partition coefficient (Wildman–Crippen LogP) is 13.1. The molecule has 0 bridgehead atoms. The first-order valence-electron chi connectivity index (χ1n) is 29.1. The number of anilines is 4. The van der Waals surface area contributed by atoms with Gasteiger partial charge >= 0.3 is 30.0 Å². The minimum Gasteiger partial charge on any atom is -0.512 e. The molecule has 9 rings (SSSR count). The van der Waals surface area contributed by atoms with Crippen LogP contribution in [0, 0.1) is 0 Å². The number of rotatable bonds is 13. The fraction of sp³-hybridized carbons (Fsp3) is 0.377. The Morgan fingerprint density at radius 2 is 0.789 bits per heavy atom. The number of aliphatic hydroxyl groups is 4. The molecule has 5 unspecified atom stereocenters. The van der Waals surface area contributed by atoms with Crippen LogP contribution in [0.25, 0.3) is 0 Å². The maximum atomic E-state index is 12.4. The molecule has 4 heterocycles.